The number of methoxy groups -OCH3 is 1. The average Bonchev–Trinajstić information content (AvgIpc) is 3.24. The van der Waals surface area contributed by atoms with E-state index in [1.807, 2.05) is 19.3 Å². The highest BCUT2D eigenvalue weighted by Crippen LogP contribution is 2.29. The second-order valence-corrected chi connectivity index (χ2v) is 8.15. The molecule has 1 aliphatic heterocycles. The van der Waals surface area contributed by atoms with Crippen LogP contribution in [-0.2, 0) is 23.1 Å². The molecule has 0 spiro atoms. The zero-order valence-electron chi connectivity index (χ0n) is 17.9. The fraction of sp³-hybridized carbons (Fsp3) is 0.500. The van der Waals surface area contributed by atoms with Gasteiger partial charge in [0.15, 0.2) is 0 Å². The van der Waals surface area contributed by atoms with Crippen molar-refractivity contribution in [2.24, 2.45) is 7.05 Å². The fourth-order valence-electron chi connectivity index (χ4n) is 3.15. The second-order valence-electron chi connectivity index (χ2n) is 8.15. The van der Waals surface area contributed by atoms with Crippen LogP contribution in [0.3, 0.4) is 0 Å². The third-order valence-corrected chi connectivity index (χ3v) is 4.36. The minimum Gasteiger partial charge on any atom is -0.444 e. The number of nitrogens with one attached hydrogen (secondary N) is 3. The first-order valence-electron chi connectivity index (χ1n) is 9.69. The Morgan fingerprint density at radius 2 is 2.17 bits per heavy atom. The highest BCUT2D eigenvalue weighted by Gasteiger charge is 2.26. The Morgan fingerprint density at radius 1 is 1.40 bits per heavy atom. The number of fused-ring (bicyclic) bond motifs is 1. The molecule has 30 heavy (non-hydrogen) atoms. The number of hydrogen-bond acceptors (Lipinski definition) is 7. The maximum Gasteiger partial charge on any atom is 0.408 e. The van der Waals surface area contributed by atoms with E-state index in [1.165, 1.54) is 0 Å². The van der Waals surface area contributed by atoms with Gasteiger partial charge in [-0.25, -0.2) is 9.78 Å². The summed E-state index contributed by atoms with van der Waals surface area (Å²) < 4.78 is 12.2. The number of carbonyl (C=O) groups is 2. The third-order valence-electron chi connectivity index (χ3n) is 4.36. The number of aryl methyl sites for hydroxylation is 1. The largest absolute Gasteiger partial charge is 0.444 e. The lowest BCUT2D eigenvalue weighted by Gasteiger charge is -2.23. The summed E-state index contributed by atoms with van der Waals surface area (Å²) in [5.74, 6) is 0.447. The summed E-state index contributed by atoms with van der Waals surface area (Å²) >= 11 is 0. The standard InChI is InChI=1S/C20H28N6O4/c1-20(2,3)30-19(28)24-14(11-29-5)9-21-15-6-12-7-22-18(27)16(12)17(25-15)13-8-23-26(4)10-13/h6,8,10,14H,7,9,11H2,1-5H3,(H,21,25)(H,22,27)(H,24,28)/t14-/m1/s1. The van der Waals surface area contributed by atoms with Crippen LogP contribution in [0.5, 0.6) is 0 Å². The number of hydrogen-bond donors (Lipinski definition) is 3. The van der Waals surface area contributed by atoms with Gasteiger partial charge in [-0.2, -0.15) is 5.10 Å². The molecule has 1 aliphatic rings. The van der Waals surface area contributed by atoms with E-state index in [0.717, 1.165) is 11.1 Å². The van der Waals surface area contributed by atoms with Gasteiger partial charge in [0.1, 0.15) is 11.4 Å². The molecule has 0 unspecified atom stereocenters. The van der Waals surface area contributed by atoms with Crippen molar-refractivity contribution in [1.82, 2.24) is 25.4 Å². The van der Waals surface area contributed by atoms with Gasteiger partial charge in [-0.3, -0.25) is 9.48 Å². The molecule has 3 heterocycles. The highest BCUT2D eigenvalue weighted by atomic mass is 16.6. The summed E-state index contributed by atoms with van der Waals surface area (Å²) in [5.41, 5.74) is 2.17. The van der Waals surface area contributed by atoms with Crippen LogP contribution >= 0.6 is 0 Å². The van der Waals surface area contributed by atoms with E-state index in [-0.39, 0.29) is 11.9 Å². The van der Waals surface area contributed by atoms with E-state index in [4.69, 9.17) is 9.47 Å². The van der Waals surface area contributed by atoms with Gasteiger partial charge in [0.05, 0.1) is 30.1 Å². The van der Waals surface area contributed by atoms with Gasteiger partial charge in [-0.05, 0) is 32.4 Å². The number of carbonyl (C=O) groups excluding carboxylic acids is 2. The molecule has 3 rings (SSSR count). The van der Waals surface area contributed by atoms with Crippen molar-refractivity contribution in [3.8, 4) is 11.3 Å². The molecule has 1 atom stereocenters. The number of aromatic nitrogens is 3. The van der Waals surface area contributed by atoms with Gasteiger partial charge in [-0.1, -0.05) is 0 Å². The lowest BCUT2D eigenvalue weighted by atomic mass is 10.0. The Bertz CT molecular complexity index is 934. The van der Waals surface area contributed by atoms with Crippen LogP contribution in [0.2, 0.25) is 0 Å². The molecule has 2 aromatic heterocycles. The van der Waals surface area contributed by atoms with Crippen molar-refractivity contribution in [2.75, 3.05) is 25.6 Å². The van der Waals surface area contributed by atoms with Gasteiger partial charge in [0, 0.05) is 39.0 Å². The molecule has 0 bridgehead atoms. The van der Waals surface area contributed by atoms with Crippen LogP contribution in [0.4, 0.5) is 10.6 Å². The normalized spacial score (nSPS) is 14.1. The molecule has 0 radical (unpaired) electrons. The topological polar surface area (TPSA) is 119 Å². The highest BCUT2D eigenvalue weighted by molar-refractivity contribution is 6.04. The van der Waals surface area contributed by atoms with Crippen LogP contribution in [0.1, 0.15) is 36.7 Å². The molecule has 0 saturated carbocycles. The van der Waals surface area contributed by atoms with Crippen molar-refractivity contribution >= 4 is 17.8 Å². The van der Waals surface area contributed by atoms with Gasteiger partial charge < -0.3 is 25.4 Å². The van der Waals surface area contributed by atoms with Gasteiger partial charge >= 0.3 is 6.09 Å². The van der Waals surface area contributed by atoms with E-state index in [2.05, 4.69) is 26.0 Å². The number of rotatable bonds is 7. The number of anilines is 1. The number of nitrogens with zero attached hydrogens (tertiary/aromatic N) is 3. The fourth-order valence-corrected chi connectivity index (χ4v) is 3.15. The van der Waals surface area contributed by atoms with Crippen LogP contribution < -0.4 is 16.0 Å². The van der Waals surface area contributed by atoms with E-state index in [1.54, 1.807) is 38.8 Å². The molecule has 0 fully saturated rings. The zero-order valence-corrected chi connectivity index (χ0v) is 17.9. The molecule has 0 saturated heterocycles. The minimum absolute atomic E-state index is 0.147. The summed E-state index contributed by atoms with van der Waals surface area (Å²) in [6.45, 7) is 6.52. The Balaban J connectivity index is 1.77. The molecule has 0 aliphatic carbocycles. The SMILES string of the molecule is COC[C@@H](CNc1cc2c(c(-c3cnn(C)c3)n1)C(=O)NC2)NC(=O)OC(C)(C)C. The lowest BCUT2D eigenvalue weighted by Crippen LogP contribution is -2.45. The van der Waals surface area contributed by atoms with Crippen molar-refractivity contribution < 1.29 is 19.1 Å². The van der Waals surface area contributed by atoms with Gasteiger partial charge in [-0.15, -0.1) is 0 Å². The zero-order chi connectivity index (χ0) is 21.9. The van der Waals surface area contributed by atoms with Crippen LogP contribution in [-0.4, -0.2) is 58.7 Å². The summed E-state index contributed by atoms with van der Waals surface area (Å²) in [4.78, 5) is 29.0. The van der Waals surface area contributed by atoms with Crippen LogP contribution in [0.15, 0.2) is 18.5 Å². The quantitative estimate of drug-likeness (QED) is 0.628. The predicted molar refractivity (Wildman–Crippen MR) is 111 cm³/mol. The number of pyridine rings is 1. The molecule has 2 amide bonds. The second kappa shape index (κ2) is 8.70. The first kappa shape index (κ1) is 21.6. The molecular formula is C20H28N6O4. The molecule has 10 heteroatoms. The predicted octanol–water partition coefficient (Wildman–Crippen LogP) is 1.68. The lowest BCUT2D eigenvalue weighted by molar-refractivity contribution is 0.0474. The van der Waals surface area contributed by atoms with E-state index >= 15 is 0 Å². The van der Waals surface area contributed by atoms with Gasteiger partial charge in [0.2, 0.25) is 0 Å². The summed E-state index contributed by atoms with van der Waals surface area (Å²) in [7, 11) is 3.37. The third kappa shape index (κ3) is 5.26. The first-order valence-corrected chi connectivity index (χ1v) is 9.69. The molecule has 2 aromatic rings. The molecule has 162 valence electrons. The maximum absolute atomic E-state index is 12.3. The molecule has 3 N–H and O–H groups in total. The number of amides is 2. The van der Waals surface area contributed by atoms with E-state index in [9.17, 15) is 9.59 Å². The van der Waals surface area contributed by atoms with Crippen molar-refractivity contribution in [1.29, 1.82) is 0 Å². The van der Waals surface area contributed by atoms with Crippen molar-refractivity contribution in [3.63, 3.8) is 0 Å². The van der Waals surface area contributed by atoms with Crippen molar-refractivity contribution in [3.05, 3.63) is 29.6 Å². The first-order chi connectivity index (χ1) is 14.2. The summed E-state index contributed by atoms with van der Waals surface area (Å²) in [6.07, 6.45) is 2.98. The molecular weight excluding hydrogens is 388 g/mol. The molecule has 10 nitrogen and oxygen atoms in total. The Labute approximate surface area is 175 Å². The Hall–Kier alpha value is -3.14. The monoisotopic (exact) mass is 416 g/mol. The Kier molecular flexibility index (Phi) is 6.25. The number of alkyl carbamates (subject to hydrolysis) is 1. The van der Waals surface area contributed by atoms with Crippen molar-refractivity contribution in [2.45, 2.75) is 39.0 Å². The van der Waals surface area contributed by atoms with E-state index in [0.29, 0.717) is 36.8 Å². The smallest absolute Gasteiger partial charge is 0.408 e. The maximum atomic E-state index is 12.3. The average molecular weight is 416 g/mol. The summed E-state index contributed by atoms with van der Waals surface area (Å²) in [6, 6.07) is 1.51. The van der Waals surface area contributed by atoms with Crippen LogP contribution in [0.25, 0.3) is 11.3 Å². The van der Waals surface area contributed by atoms with Crippen LogP contribution in [0, 0.1) is 0 Å². The Morgan fingerprint density at radius 3 is 2.80 bits per heavy atom. The summed E-state index contributed by atoms with van der Waals surface area (Å²) in [5, 5.41) is 13.0. The number of ether oxygens (including phenoxy) is 2. The van der Waals surface area contributed by atoms with Gasteiger partial charge in [0.25, 0.3) is 5.91 Å². The van der Waals surface area contributed by atoms with E-state index < -0.39 is 11.7 Å². The minimum atomic E-state index is -0.588. The molecule has 0 aromatic carbocycles.